The molecule has 264 valence electrons. The first-order chi connectivity index (χ1) is 21.9. The smallest absolute Gasteiger partial charge is 0.316 e. The van der Waals surface area contributed by atoms with Crippen molar-refractivity contribution in [3.05, 3.63) is 47.5 Å². The predicted molar refractivity (Wildman–Crippen MR) is 182 cm³/mol. The summed E-state index contributed by atoms with van der Waals surface area (Å²) in [5.74, 6) is -1.52. The Morgan fingerprint density at radius 3 is 1.00 bits per heavy atom. The second-order valence-corrected chi connectivity index (χ2v) is 15.9. The number of carbonyl (C=O) groups is 5. The zero-order valence-electron chi connectivity index (χ0n) is 30.5. The van der Waals surface area contributed by atoms with Crippen LogP contribution in [-0.2, 0) is 37.1 Å². The number of carbonyl (C=O) groups excluding carboxylic acids is 5. The summed E-state index contributed by atoms with van der Waals surface area (Å²) in [7, 11) is 0. The maximum Gasteiger partial charge on any atom is 0.316 e. The van der Waals surface area contributed by atoms with Crippen molar-refractivity contribution in [1.29, 1.82) is 0 Å². The van der Waals surface area contributed by atoms with Crippen LogP contribution in [0.4, 0.5) is 0 Å². The van der Waals surface area contributed by atoms with E-state index in [1.807, 2.05) is 0 Å². The fourth-order valence-electron chi connectivity index (χ4n) is 3.42. The van der Waals surface area contributed by atoms with E-state index in [-0.39, 0.29) is 55.0 Å². The third-order valence-electron chi connectivity index (χ3n) is 6.58. The third-order valence-corrected chi connectivity index (χ3v) is 6.58. The van der Waals surface area contributed by atoms with Crippen LogP contribution in [0.5, 0.6) is 23.0 Å². The Labute approximate surface area is 284 Å². The minimum absolute atomic E-state index is 0.0566. The van der Waals surface area contributed by atoms with E-state index in [9.17, 15) is 24.0 Å². The normalized spacial score (nSPS) is 12.2. The quantitative estimate of drug-likeness (QED) is 0.205. The van der Waals surface area contributed by atoms with E-state index >= 15 is 0 Å². The molecule has 0 aromatic heterocycles. The highest BCUT2D eigenvalue weighted by Gasteiger charge is 2.30. The molecule has 0 aliphatic heterocycles. The highest BCUT2D eigenvalue weighted by atomic mass is 16.6. The zero-order valence-corrected chi connectivity index (χ0v) is 30.5. The standard InChI is InChI=1S/C37H52N2O9/c1-34(2,3)30(41)45-26-15-13-23(17-28(26)47-32(43)36(7,8)9)19-38-21-25(40)22-39-20-24-14-16-27(46-31(42)35(4,5)6)29(18-24)48-33(44)37(10,11)12/h13-18,38-39H,19-22H2,1-12H3. The number of benzene rings is 2. The van der Waals surface area contributed by atoms with E-state index < -0.39 is 45.5 Å². The van der Waals surface area contributed by atoms with E-state index in [0.29, 0.717) is 11.1 Å². The van der Waals surface area contributed by atoms with E-state index in [1.54, 1.807) is 119 Å². The van der Waals surface area contributed by atoms with Crippen molar-refractivity contribution in [3.63, 3.8) is 0 Å². The number of nitrogens with one attached hydrogen (secondary N) is 2. The van der Waals surface area contributed by atoms with Gasteiger partial charge in [-0.05, 0) is 118 Å². The first kappa shape index (κ1) is 40.1. The monoisotopic (exact) mass is 668 g/mol. The summed E-state index contributed by atoms with van der Waals surface area (Å²) >= 11 is 0. The van der Waals surface area contributed by atoms with Crippen molar-refractivity contribution >= 4 is 29.7 Å². The van der Waals surface area contributed by atoms with Crippen LogP contribution in [0.1, 0.15) is 94.2 Å². The number of hydrogen-bond acceptors (Lipinski definition) is 11. The Kier molecular flexibility index (Phi) is 13.3. The first-order valence-electron chi connectivity index (χ1n) is 16.0. The van der Waals surface area contributed by atoms with E-state index in [0.717, 1.165) is 0 Å². The van der Waals surface area contributed by atoms with Crippen LogP contribution in [0.2, 0.25) is 0 Å². The van der Waals surface area contributed by atoms with Crippen molar-refractivity contribution in [3.8, 4) is 23.0 Å². The molecule has 0 aliphatic rings. The molecule has 0 unspecified atom stereocenters. The van der Waals surface area contributed by atoms with E-state index in [4.69, 9.17) is 18.9 Å². The molecule has 11 heteroatoms. The van der Waals surface area contributed by atoms with Gasteiger partial charge in [0.05, 0.1) is 34.7 Å². The molecule has 2 aromatic rings. The van der Waals surface area contributed by atoms with Crippen LogP contribution in [0.25, 0.3) is 0 Å². The summed E-state index contributed by atoms with van der Waals surface area (Å²) in [6.07, 6.45) is 0. The minimum Gasteiger partial charge on any atom is -0.422 e. The molecular formula is C37H52N2O9. The number of hydrogen-bond donors (Lipinski definition) is 2. The number of ether oxygens (including phenoxy) is 4. The van der Waals surface area contributed by atoms with Gasteiger partial charge < -0.3 is 29.6 Å². The van der Waals surface area contributed by atoms with Crippen molar-refractivity contribution in [2.45, 2.75) is 96.2 Å². The van der Waals surface area contributed by atoms with Gasteiger partial charge >= 0.3 is 23.9 Å². The summed E-state index contributed by atoms with van der Waals surface area (Å²) < 4.78 is 22.3. The van der Waals surface area contributed by atoms with E-state index in [2.05, 4.69) is 10.6 Å². The second kappa shape index (κ2) is 15.9. The molecule has 0 saturated heterocycles. The molecule has 48 heavy (non-hydrogen) atoms. The Morgan fingerprint density at radius 2 is 0.729 bits per heavy atom. The van der Waals surface area contributed by atoms with Crippen LogP contribution < -0.4 is 29.6 Å². The van der Waals surface area contributed by atoms with Gasteiger partial charge in [-0.3, -0.25) is 24.0 Å². The van der Waals surface area contributed by atoms with Gasteiger partial charge in [-0.25, -0.2) is 0 Å². The maximum atomic E-state index is 12.6. The fraction of sp³-hybridized carbons (Fsp3) is 0.541. The lowest BCUT2D eigenvalue weighted by atomic mass is 9.97. The number of Topliss-reactive ketones (excluding diaryl/α,β-unsaturated/α-hetero) is 1. The molecule has 0 amide bonds. The topological polar surface area (TPSA) is 146 Å². The van der Waals surface area contributed by atoms with Crippen LogP contribution in [0.3, 0.4) is 0 Å². The molecule has 2 aromatic carbocycles. The summed E-state index contributed by atoms with van der Waals surface area (Å²) in [6.45, 7) is 21.4. The molecule has 0 bridgehead atoms. The van der Waals surface area contributed by atoms with Gasteiger partial charge in [0.15, 0.2) is 28.8 Å². The third kappa shape index (κ3) is 12.8. The molecule has 0 spiro atoms. The molecule has 2 rings (SSSR count). The van der Waals surface area contributed by atoms with Crippen molar-refractivity contribution in [1.82, 2.24) is 10.6 Å². The van der Waals surface area contributed by atoms with Gasteiger partial charge in [-0.1, -0.05) is 12.1 Å². The lowest BCUT2D eigenvalue weighted by Gasteiger charge is -2.21. The molecule has 2 N–H and O–H groups in total. The SMILES string of the molecule is CC(C)(C)C(=O)Oc1ccc(CNCC(=O)CNCc2ccc(OC(=O)C(C)(C)C)c(OC(=O)C(C)(C)C)c2)cc1OC(=O)C(C)(C)C. The molecule has 0 fully saturated rings. The van der Waals surface area contributed by atoms with Crippen molar-refractivity contribution < 1.29 is 42.9 Å². The summed E-state index contributed by atoms with van der Waals surface area (Å²) in [6, 6.07) is 9.80. The van der Waals surface area contributed by atoms with Gasteiger partial charge in [0.2, 0.25) is 0 Å². The highest BCUT2D eigenvalue weighted by molar-refractivity contribution is 5.83. The average molecular weight is 669 g/mol. The van der Waals surface area contributed by atoms with Gasteiger partial charge in [0, 0.05) is 13.1 Å². The maximum absolute atomic E-state index is 12.6. The minimum atomic E-state index is -0.779. The predicted octanol–water partition coefficient (Wildman–Crippen LogP) is 5.94. The largest absolute Gasteiger partial charge is 0.422 e. The lowest BCUT2D eigenvalue weighted by molar-refractivity contribution is -0.145. The van der Waals surface area contributed by atoms with Gasteiger partial charge in [0.25, 0.3) is 0 Å². The molecule has 0 atom stereocenters. The molecule has 0 radical (unpaired) electrons. The first-order valence-corrected chi connectivity index (χ1v) is 16.0. The molecule has 0 heterocycles. The van der Waals surface area contributed by atoms with Crippen molar-refractivity contribution in [2.24, 2.45) is 21.7 Å². The highest BCUT2D eigenvalue weighted by Crippen LogP contribution is 2.34. The molecule has 11 nitrogen and oxygen atoms in total. The van der Waals surface area contributed by atoms with Crippen LogP contribution in [0, 0.1) is 21.7 Å². The average Bonchev–Trinajstić information content (AvgIpc) is 2.93. The summed E-state index contributed by atoms with van der Waals surface area (Å²) in [5, 5.41) is 6.17. The number of esters is 4. The van der Waals surface area contributed by atoms with Crippen LogP contribution >= 0.6 is 0 Å². The Morgan fingerprint density at radius 1 is 0.458 bits per heavy atom. The molecule has 0 saturated carbocycles. The van der Waals surface area contributed by atoms with E-state index in [1.165, 1.54) is 0 Å². The second-order valence-electron chi connectivity index (χ2n) is 15.9. The fourth-order valence-corrected chi connectivity index (χ4v) is 3.42. The Hall–Kier alpha value is -4.09. The zero-order chi connectivity index (χ0) is 36.7. The van der Waals surface area contributed by atoms with Crippen LogP contribution in [0.15, 0.2) is 36.4 Å². The number of rotatable bonds is 12. The van der Waals surface area contributed by atoms with Gasteiger partial charge in [0.1, 0.15) is 0 Å². The van der Waals surface area contributed by atoms with Gasteiger partial charge in [-0.2, -0.15) is 0 Å². The lowest BCUT2D eigenvalue weighted by Crippen LogP contribution is -2.31. The molecular weight excluding hydrogens is 616 g/mol. The number of ketones is 1. The summed E-state index contributed by atoms with van der Waals surface area (Å²) in [5.41, 5.74) is -1.64. The Bertz CT molecular complexity index is 1390. The van der Waals surface area contributed by atoms with Crippen molar-refractivity contribution in [2.75, 3.05) is 13.1 Å². The Balaban J connectivity index is 2.04. The molecule has 0 aliphatic carbocycles. The van der Waals surface area contributed by atoms with Gasteiger partial charge in [-0.15, -0.1) is 0 Å². The van der Waals surface area contributed by atoms with Crippen LogP contribution in [-0.4, -0.2) is 42.7 Å². The summed E-state index contributed by atoms with van der Waals surface area (Å²) in [4.78, 5) is 62.9.